The molecule has 1 heterocycles. The van der Waals surface area contributed by atoms with E-state index in [0.717, 1.165) is 16.8 Å². The van der Waals surface area contributed by atoms with Crippen LogP contribution < -0.4 is 10.9 Å². The molecule has 0 aliphatic carbocycles. The quantitative estimate of drug-likeness (QED) is 0.563. The van der Waals surface area contributed by atoms with Crippen molar-refractivity contribution < 1.29 is 4.79 Å². The van der Waals surface area contributed by atoms with E-state index in [4.69, 9.17) is 0 Å². The van der Waals surface area contributed by atoms with Crippen LogP contribution >= 0.6 is 11.8 Å². The Balaban J connectivity index is 1.73. The largest absolute Gasteiger partial charge is 0.325 e. The Morgan fingerprint density at radius 1 is 0.967 bits per heavy atom. The maximum absolute atomic E-state index is 12.6. The summed E-state index contributed by atoms with van der Waals surface area (Å²) in [7, 11) is 0. The van der Waals surface area contributed by atoms with E-state index in [9.17, 15) is 9.59 Å². The van der Waals surface area contributed by atoms with Crippen molar-refractivity contribution >= 4 is 23.4 Å². The molecule has 1 unspecified atom stereocenters. The van der Waals surface area contributed by atoms with Gasteiger partial charge in [-0.05, 0) is 73.7 Å². The summed E-state index contributed by atoms with van der Waals surface area (Å²) in [5.74, 6) is 0.339. The highest BCUT2D eigenvalue weighted by atomic mass is 32.2. The van der Waals surface area contributed by atoms with Crippen LogP contribution in [0, 0.1) is 13.8 Å². The minimum Gasteiger partial charge on any atom is -0.325 e. The normalized spacial score (nSPS) is 12.1. The summed E-state index contributed by atoms with van der Waals surface area (Å²) in [5.41, 5.74) is 4.76. The standard InChI is InChI=1S/C24H27N3O2S/c1-15(2)19-7-9-20(10-8-19)25-24(29)18(5)30-22-12-13-23(28)27(26-22)21-11-6-16(3)17(4)14-21/h6-15,18H,1-5H3,(H,25,29). The Labute approximate surface area is 181 Å². The first kappa shape index (κ1) is 21.8. The molecule has 1 aromatic heterocycles. The fourth-order valence-electron chi connectivity index (χ4n) is 2.93. The second kappa shape index (κ2) is 9.30. The van der Waals surface area contributed by atoms with Gasteiger partial charge in [0, 0.05) is 11.8 Å². The van der Waals surface area contributed by atoms with Crippen molar-refractivity contribution in [2.24, 2.45) is 0 Å². The van der Waals surface area contributed by atoms with Crippen LogP contribution in [0.3, 0.4) is 0 Å². The Bertz CT molecular complexity index is 1100. The summed E-state index contributed by atoms with van der Waals surface area (Å²) >= 11 is 1.32. The summed E-state index contributed by atoms with van der Waals surface area (Å²) in [5, 5.41) is 7.65. The first-order valence-corrected chi connectivity index (χ1v) is 10.9. The second-order valence-corrected chi connectivity index (χ2v) is 9.08. The molecule has 0 aliphatic rings. The highest BCUT2D eigenvalue weighted by molar-refractivity contribution is 8.00. The highest BCUT2D eigenvalue weighted by Gasteiger charge is 2.16. The SMILES string of the molecule is Cc1ccc(-n2nc(SC(C)C(=O)Nc3ccc(C(C)C)cc3)ccc2=O)cc1C. The molecule has 3 rings (SSSR count). The topological polar surface area (TPSA) is 64.0 Å². The number of carbonyl (C=O) groups excluding carboxylic acids is 1. The highest BCUT2D eigenvalue weighted by Crippen LogP contribution is 2.23. The van der Waals surface area contributed by atoms with Gasteiger partial charge in [0.2, 0.25) is 5.91 Å². The molecule has 0 radical (unpaired) electrons. The molecule has 30 heavy (non-hydrogen) atoms. The maximum Gasteiger partial charge on any atom is 0.271 e. The number of rotatable bonds is 6. The van der Waals surface area contributed by atoms with Gasteiger partial charge in [0.05, 0.1) is 10.9 Å². The van der Waals surface area contributed by atoms with Crippen LogP contribution in [0.2, 0.25) is 0 Å². The fourth-order valence-corrected chi connectivity index (χ4v) is 3.73. The number of aryl methyl sites for hydroxylation is 2. The number of hydrogen-bond donors (Lipinski definition) is 1. The summed E-state index contributed by atoms with van der Waals surface area (Å²) in [4.78, 5) is 24.9. The maximum atomic E-state index is 12.6. The van der Waals surface area contributed by atoms with Gasteiger partial charge in [-0.15, -0.1) is 0 Å². The van der Waals surface area contributed by atoms with Gasteiger partial charge in [0.15, 0.2) is 0 Å². The van der Waals surface area contributed by atoms with Crippen LogP contribution in [0.25, 0.3) is 5.69 Å². The molecule has 0 fully saturated rings. The van der Waals surface area contributed by atoms with Crippen LogP contribution in [-0.4, -0.2) is 20.9 Å². The van der Waals surface area contributed by atoms with Crippen molar-refractivity contribution in [3.05, 3.63) is 81.6 Å². The Morgan fingerprint density at radius 2 is 1.67 bits per heavy atom. The van der Waals surface area contributed by atoms with Crippen molar-refractivity contribution in [3.63, 3.8) is 0 Å². The molecule has 0 saturated heterocycles. The predicted octanol–water partition coefficient (Wildman–Crippen LogP) is 5.09. The predicted molar refractivity (Wildman–Crippen MR) is 124 cm³/mol. The van der Waals surface area contributed by atoms with Crippen LogP contribution in [0.15, 0.2) is 64.4 Å². The first-order chi connectivity index (χ1) is 14.2. The van der Waals surface area contributed by atoms with Crippen LogP contribution in [0.1, 0.15) is 43.4 Å². The van der Waals surface area contributed by atoms with Gasteiger partial charge in [-0.1, -0.05) is 43.8 Å². The van der Waals surface area contributed by atoms with Gasteiger partial charge >= 0.3 is 0 Å². The molecule has 6 heteroatoms. The van der Waals surface area contributed by atoms with Crippen LogP contribution in [0.5, 0.6) is 0 Å². The monoisotopic (exact) mass is 421 g/mol. The molecule has 156 valence electrons. The molecule has 0 aliphatic heterocycles. The number of carbonyl (C=O) groups is 1. The number of nitrogens with zero attached hydrogens (tertiary/aromatic N) is 2. The van der Waals surface area contributed by atoms with E-state index in [2.05, 4.69) is 24.3 Å². The molecule has 0 spiro atoms. The number of amides is 1. The average molecular weight is 422 g/mol. The lowest BCUT2D eigenvalue weighted by Crippen LogP contribution is -2.24. The average Bonchev–Trinajstić information content (AvgIpc) is 2.72. The molecular weight excluding hydrogens is 394 g/mol. The van der Waals surface area contributed by atoms with E-state index in [-0.39, 0.29) is 16.7 Å². The molecule has 0 saturated carbocycles. The second-order valence-electron chi connectivity index (χ2n) is 7.72. The molecular formula is C24H27N3O2S. The number of anilines is 1. The molecule has 2 aromatic carbocycles. The van der Waals surface area contributed by atoms with E-state index in [1.54, 1.807) is 6.07 Å². The van der Waals surface area contributed by atoms with Crippen molar-refractivity contribution in [3.8, 4) is 5.69 Å². The van der Waals surface area contributed by atoms with Crippen molar-refractivity contribution in [2.75, 3.05) is 5.32 Å². The summed E-state index contributed by atoms with van der Waals surface area (Å²) in [6.07, 6.45) is 0. The summed E-state index contributed by atoms with van der Waals surface area (Å²) < 4.78 is 1.38. The molecule has 1 N–H and O–H groups in total. The Hall–Kier alpha value is -2.86. The fraction of sp³-hybridized carbons (Fsp3) is 0.292. The zero-order valence-electron chi connectivity index (χ0n) is 18.0. The number of thioether (sulfide) groups is 1. The number of aromatic nitrogens is 2. The van der Waals surface area contributed by atoms with Crippen molar-refractivity contribution in [1.82, 2.24) is 9.78 Å². The molecule has 1 amide bonds. The minimum absolute atomic E-state index is 0.108. The Morgan fingerprint density at radius 3 is 2.30 bits per heavy atom. The smallest absolute Gasteiger partial charge is 0.271 e. The van der Waals surface area contributed by atoms with E-state index in [1.165, 1.54) is 28.1 Å². The molecule has 1 atom stereocenters. The first-order valence-electron chi connectivity index (χ1n) is 10.00. The Kier molecular flexibility index (Phi) is 6.77. The molecule has 5 nitrogen and oxygen atoms in total. The van der Waals surface area contributed by atoms with Gasteiger partial charge < -0.3 is 5.32 Å². The van der Waals surface area contributed by atoms with E-state index < -0.39 is 0 Å². The van der Waals surface area contributed by atoms with E-state index in [0.29, 0.717) is 16.6 Å². The van der Waals surface area contributed by atoms with Crippen LogP contribution in [-0.2, 0) is 4.79 Å². The summed E-state index contributed by atoms with van der Waals surface area (Å²) in [6.45, 7) is 10.1. The van der Waals surface area contributed by atoms with Crippen LogP contribution in [0.4, 0.5) is 5.69 Å². The van der Waals surface area contributed by atoms with Crippen molar-refractivity contribution in [2.45, 2.75) is 50.8 Å². The van der Waals surface area contributed by atoms with Gasteiger partial charge in [0.1, 0.15) is 5.03 Å². The number of hydrogen-bond acceptors (Lipinski definition) is 4. The molecule has 3 aromatic rings. The third-order valence-corrected chi connectivity index (χ3v) is 6.05. The zero-order chi connectivity index (χ0) is 21.8. The lowest BCUT2D eigenvalue weighted by atomic mass is 10.0. The van der Waals surface area contributed by atoms with Gasteiger partial charge in [0.25, 0.3) is 5.56 Å². The third-order valence-electron chi connectivity index (χ3n) is 5.02. The van der Waals surface area contributed by atoms with Gasteiger partial charge in [-0.2, -0.15) is 9.78 Å². The van der Waals surface area contributed by atoms with E-state index >= 15 is 0 Å². The van der Waals surface area contributed by atoms with E-state index in [1.807, 2.05) is 63.2 Å². The lowest BCUT2D eigenvalue weighted by Gasteiger charge is -2.13. The number of benzene rings is 2. The number of nitrogens with one attached hydrogen (secondary N) is 1. The summed E-state index contributed by atoms with van der Waals surface area (Å²) in [6, 6.07) is 16.8. The van der Waals surface area contributed by atoms with Gasteiger partial charge in [-0.3, -0.25) is 9.59 Å². The van der Waals surface area contributed by atoms with Crippen molar-refractivity contribution in [1.29, 1.82) is 0 Å². The minimum atomic E-state index is -0.368. The van der Waals surface area contributed by atoms with Gasteiger partial charge in [-0.25, -0.2) is 0 Å². The third kappa shape index (κ3) is 5.19. The molecule has 0 bridgehead atoms. The lowest BCUT2D eigenvalue weighted by molar-refractivity contribution is -0.115. The zero-order valence-corrected chi connectivity index (χ0v) is 18.8.